The third-order valence-corrected chi connectivity index (χ3v) is 3.48. The van der Waals surface area contributed by atoms with Gasteiger partial charge < -0.3 is 10.5 Å². The minimum absolute atomic E-state index is 0.412. The van der Waals surface area contributed by atoms with E-state index in [1.807, 2.05) is 30.3 Å². The molecule has 2 N–H and O–H groups in total. The third-order valence-electron chi connectivity index (χ3n) is 2.16. The van der Waals surface area contributed by atoms with Gasteiger partial charge in [0, 0.05) is 16.4 Å². The standard InChI is InChI=1S/C12H10Br2N2O/c13-8-4-5-9(16-6-8)7-17-11-3-1-2-10(15)12(11)14/h1-6H,7,15H2. The number of pyridine rings is 1. The number of aromatic nitrogens is 1. The monoisotopic (exact) mass is 356 g/mol. The van der Waals surface area contributed by atoms with Crippen LogP contribution in [0.25, 0.3) is 0 Å². The zero-order chi connectivity index (χ0) is 12.3. The number of halogens is 2. The van der Waals surface area contributed by atoms with E-state index >= 15 is 0 Å². The van der Waals surface area contributed by atoms with Crippen molar-refractivity contribution in [2.75, 3.05) is 5.73 Å². The second-order valence-corrected chi connectivity index (χ2v) is 5.12. The highest BCUT2D eigenvalue weighted by atomic mass is 79.9. The van der Waals surface area contributed by atoms with Crippen LogP contribution in [0.15, 0.2) is 45.5 Å². The third kappa shape index (κ3) is 3.20. The summed E-state index contributed by atoms with van der Waals surface area (Å²) >= 11 is 6.72. The topological polar surface area (TPSA) is 48.1 Å². The van der Waals surface area contributed by atoms with Crippen molar-refractivity contribution in [1.29, 1.82) is 0 Å². The fourth-order valence-electron chi connectivity index (χ4n) is 1.28. The van der Waals surface area contributed by atoms with Gasteiger partial charge in [0.2, 0.25) is 0 Å². The Bertz CT molecular complexity index is 514. The second kappa shape index (κ2) is 5.51. The number of ether oxygens (including phenoxy) is 1. The number of nitrogen functional groups attached to an aromatic ring is 1. The molecular weight excluding hydrogens is 348 g/mol. The minimum atomic E-state index is 0.412. The van der Waals surface area contributed by atoms with E-state index in [9.17, 15) is 0 Å². The molecule has 0 bridgehead atoms. The maximum Gasteiger partial charge on any atom is 0.136 e. The van der Waals surface area contributed by atoms with Crippen LogP contribution in [0.2, 0.25) is 0 Å². The molecule has 0 radical (unpaired) electrons. The lowest BCUT2D eigenvalue weighted by molar-refractivity contribution is 0.299. The van der Waals surface area contributed by atoms with Crippen molar-refractivity contribution in [3.05, 3.63) is 51.2 Å². The van der Waals surface area contributed by atoms with Gasteiger partial charge in [0.05, 0.1) is 10.2 Å². The van der Waals surface area contributed by atoms with Crippen molar-refractivity contribution in [1.82, 2.24) is 4.98 Å². The average Bonchev–Trinajstić information content (AvgIpc) is 2.33. The quantitative estimate of drug-likeness (QED) is 0.850. The lowest BCUT2D eigenvalue weighted by atomic mass is 10.3. The lowest BCUT2D eigenvalue weighted by Crippen LogP contribution is -1.99. The van der Waals surface area contributed by atoms with Gasteiger partial charge in [-0.25, -0.2) is 0 Å². The zero-order valence-corrected chi connectivity index (χ0v) is 12.0. The number of hydrogen-bond donors (Lipinski definition) is 1. The number of nitrogens with zero attached hydrogens (tertiary/aromatic N) is 1. The summed E-state index contributed by atoms with van der Waals surface area (Å²) in [4.78, 5) is 4.23. The Morgan fingerprint density at radius 1 is 1.18 bits per heavy atom. The van der Waals surface area contributed by atoms with Crippen LogP contribution in [0, 0.1) is 0 Å². The molecule has 0 aliphatic heterocycles. The van der Waals surface area contributed by atoms with Gasteiger partial charge in [0.15, 0.2) is 0 Å². The van der Waals surface area contributed by atoms with E-state index in [0.29, 0.717) is 12.3 Å². The highest BCUT2D eigenvalue weighted by Gasteiger charge is 2.04. The van der Waals surface area contributed by atoms with Crippen molar-refractivity contribution in [3.8, 4) is 5.75 Å². The van der Waals surface area contributed by atoms with Crippen molar-refractivity contribution in [2.45, 2.75) is 6.61 Å². The van der Waals surface area contributed by atoms with E-state index in [0.717, 1.165) is 20.4 Å². The fraction of sp³-hybridized carbons (Fsp3) is 0.0833. The predicted octanol–water partition coefficient (Wildman–Crippen LogP) is 3.77. The normalized spacial score (nSPS) is 10.2. The molecule has 0 fully saturated rings. The summed E-state index contributed by atoms with van der Waals surface area (Å²) in [5, 5.41) is 0. The number of nitrogens with two attached hydrogens (primary N) is 1. The fourth-order valence-corrected chi connectivity index (χ4v) is 1.90. The van der Waals surface area contributed by atoms with Gasteiger partial charge in [-0.05, 0) is 56.1 Å². The lowest BCUT2D eigenvalue weighted by Gasteiger charge is -2.09. The SMILES string of the molecule is Nc1cccc(OCc2ccc(Br)cn2)c1Br. The van der Waals surface area contributed by atoms with Gasteiger partial charge in [0.1, 0.15) is 12.4 Å². The van der Waals surface area contributed by atoms with Gasteiger partial charge in [0.25, 0.3) is 0 Å². The van der Waals surface area contributed by atoms with Gasteiger partial charge in [-0.15, -0.1) is 0 Å². The van der Waals surface area contributed by atoms with Crippen LogP contribution in [0.3, 0.4) is 0 Å². The summed E-state index contributed by atoms with van der Waals surface area (Å²) in [6, 6.07) is 9.36. The van der Waals surface area contributed by atoms with Gasteiger partial charge in [-0.2, -0.15) is 0 Å². The Kier molecular flexibility index (Phi) is 4.02. The first kappa shape index (κ1) is 12.4. The molecule has 0 amide bonds. The van der Waals surface area contributed by atoms with Crippen LogP contribution >= 0.6 is 31.9 Å². The molecule has 17 heavy (non-hydrogen) atoms. The maximum atomic E-state index is 5.76. The molecular formula is C12H10Br2N2O. The molecule has 2 rings (SSSR count). The molecule has 1 aromatic heterocycles. The molecule has 0 saturated carbocycles. The molecule has 0 aliphatic carbocycles. The first-order valence-corrected chi connectivity index (χ1v) is 6.52. The van der Waals surface area contributed by atoms with Gasteiger partial charge >= 0.3 is 0 Å². The summed E-state index contributed by atoms with van der Waals surface area (Å²) in [6.07, 6.45) is 1.74. The van der Waals surface area contributed by atoms with E-state index in [4.69, 9.17) is 10.5 Å². The molecule has 3 nitrogen and oxygen atoms in total. The van der Waals surface area contributed by atoms with Gasteiger partial charge in [-0.1, -0.05) is 6.07 Å². The van der Waals surface area contributed by atoms with E-state index < -0.39 is 0 Å². The number of rotatable bonds is 3. The van der Waals surface area contributed by atoms with Crippen LogP contribution in [0.4, 0.5) is 5.69 Å². The summed E-state index contributed by atoms with van der Waals surface area (Å²) in [7, 11) is 0. The van der Waals surface area contributed by atoms with Crippen LogP contribution in [-0.2, 0) is 6.61 Å². The highest BCUT2D eigenvalue weighted by molar-refractivity contribution is 9.11. The molecule has 88 valence electrons. The van der Waals surface area contributed by atoms with E-state index in [-0.39, 0.29) is 0 Å². The molecule has 0 unspecified atom stereocenters. The number of hydrogen-bond acceptors (Lipinski definition) is 3. The van der Waals surface area contributed by atoms with Gasteiger partial charge in [-0.3, -0.25) is 4.98 Å². The largest absolute Gasteiger partial charge is 0.486 e. The molecule has 5 heteroatoms. The van der Waals surface area contributed by atoms with Crippen molar-refractivity contribution in [2.24, 2.45) is 0 Å². The van der Waals surface area contributed by atoms with Crippen molar-refractivity contribution < 1.29 is 4.74 Å². The number of benzene rings is 1. The van der Waals surface area contributed by atoms with Crippen LogP contribution in [-0.4, -0.2) is 4.98 Å². The Morgan fingerprint density at radius 2 is 2.00 bits per heavy atom. The van der Waals surface area contributed by atoms with E-state index in [2.05, 4.69) is 36.8 Å². The minimum Gasteiger partial charge on any atom is -0.486 e. The van der Waals surface area contributed by atoms with E-state index in [1.165, 1.54) is 0 Å². The molecule has 1 heterocycles. The Balaban J connectivity index is 2.07. The summed E-state index contributed by atoms with van der Waals surface area (Å²) in [6.45, 7) is 0.412. The van der Waals surface area contributed by atoms with Crippen molar-refractivity contribution in [3.63, 3.8) is 0 Å². The molecule has 0 aliphatic rings. The molecule has 0 saturated heterocycles. The Morgan fingerprint density at radius 3 is 2.71 bits per heavy atom. The molecule has 0 spiro atoms. The van der Waals surface area contributed by atoms with E-state index in [1.54, 1.807) is 6.20 Å². The van der Waals surface area contributed by atoms with Crippen LogP contribution in [0.1, 0.15) is 5.69 Å². The number of anilines is 1. The molecule has 1 aromatic carbocycles. The predicted molar refractivity (Wildman–Crippen MR) is 74.8 cm³/mol. The molecule has 2 aromatic rings. The Hall–Kier alpha value is -1.07. The van der Waals surface area contributed by atoms with Crippen molar-refractivity contribution >= 4 is 37.5 Å². The zero-order valence-electron chi connectivity index (χ0n) is 8.86. The first-order valence-electron chi connectivity index (χ1n) is 4.94. The second-order valence-electron chi connectivity index (χ2n) is 3.42. The summed E-state index contributed by atoms with van der Waals surface area (Å²) in [5.74, 6) is 0.717. The smallest absolute Gasteiger partial charge is 0.136 e. The maximum absolute atomic E-state index is 5.76. The summed E-state index contributed by atoms with van der Waals surface area (Å²) < 4.78 is 7.36. The first-order chi connectivity index (χ1) is 8.16. The highest BCUT2D eigenvalue weighted by Crippen LogP contribution is 2.30. The van der Waals surface area contributed by atoms with Crippen LogP contribution in [0.5, 0.6) is 5.75 Å². The summed E-state index contributed by atoms with van der Waals surface area (Å²) in [5.41, 5.74) is 7.28. The van der Waals surface area contributed by atoms with Crippen LogP contribution < -0.4 is 10.5 Å². The average molecular weight is 358 g/mol. The Labute approximate surface area is 116 Å². The molecule has 0 atom stereocenters.